The molecule has 4 aromatic carbocycles. The van der Waals surface area contributed by atoms with Crippen LogP contribution in [0.25, 0.3) is 11.1 Å². The van der Waals surface area contributed by atoms with E-state index in [1.807, 2.05) is 0 Å². The second kappa shape index (κ2) is 7.63. The Bertz CT molecular complexity index is 1160. The Morgan fingerprint density at radius 3 is 1.48 bits per heavy atom. The summed E-state index contributed by atoms with van der Waals surface area (Å²) in [6.45, 7) is 4.10. The summed E-state index contributed by atoms with van der Waals surface area (Å²) in [7, 11) is 1.71. The summed E-state index contributed by atoms with van der Waals surface area (Å²) in [6.07, 6.45) is 0.148. The van der Waals surface area contributed by atoms with E-state index in [0.29, 0.717) is 0 Å². The second-order valence-corrected chi connectivity index (χ2v) is 8.26. The predicted molar refractivity (Wildman–Crippen MR) is 126 cm³/mol. The molecule has 4 aromatic rings. The van der Waals surface area contributed by atoms with E-state index < -0.39 is 5.41 Å². The minimum atomic E-state index is -0.393. The molecule has 0 amide bonds. The molecular weight excluding hydrogens is 380 g/mol. The molecule has 1 aliphatic rings. The Labute approximate surface area is 184 Å². The van der Waals surface area contributed by atoms with Gasteiger partial charge in [-0.25, -0.2) is 0 Å². The van der Waals surface area contributed by atoms with Crippen molar-refractivity contribution in [3.05, 3.63) is 119 Å². The molecule has 0 fully saturated rings. The van der Waals surface area contributed by atoms with Gasteiger partial charge >= 0.3 is 0 Å². The first-order valence-corrected chi connectivity index (χ1v) is 10.8. The maximum Gasteiger partial charge on any atom is 0.119 e. The van der Waals surface area contributed by atoms with Crippen LogP contribution in [0.15, 0.2) is 97.1 Å². The van der Waals surface area contributed by atoms with Crippen molar-refractivity contribution in [2.45, 2.75) is 25.4 Å². The molecule has 154 valence electrons. The zero-order valence-electron chi connectivity index (χ0n) is 18.1. The van der Waals surface area contributed by atoms with Gasteiger partial charge in [0.2, 0.25) is 0 Å². The van der Waals surface area contributed by atoms with Crippen molar-refractivity contribution in [1.82, 2.24) is 0 Å². The van der Waals surface area contributed by atoms with Gasteiger partial charge in [0.25, 0.3) is 0 Å². The van der Waals surface area contributed by atoms with Gasteiger partial charge in [-0.05, 0) is 71.5 Å². The first-order chi connectivity index (χ1) is 15.1. The number of ether oxygens (including phenoxy) is 2. The van der Waals surface area contributed by atoms with Gasteiger partial charge in [0.1, 0.15) is 11.5 Å². The average molecular weight is 407 g/mol. The van der Waals surface area contributed by atoms with Crippen molar-refractivity contribution < 1.29 is 9.47 Å². The smallest absolute Gasteiger partial charge is 0.119 e. The van der Waals surface area contributed by atoms with Crippen LogP contribution in [-0.2, 0) is 5.41 Å². The van der Waals surface area contributed by atoms with Crippen LogP contribution in [0.2, 0.25) is 0 Å². The van der Waals surface area contributed by atoms with E-state index in [1.165, 1.54) is 33.4 Å². The highest BCUT2D eigenvalue weighted by molar-refractivity contribution is 5.86. The lowest BCUT2D eigenvalue weighted by molar-refractivity contribution is 0.242. The predicted octanol–water partition coefficient (Wildman–Crippen LogP) is 6.85. The van der Waals surface area contributed by atoms with Crippen LogP contribution in [0.5, 0.6) is 11.5 Å². The maximum atomic E-state index is 5.92. The Morgan fingerprint density at radius 2 is 1.03 bits per heavy atom. The van der Waals surface area contributed by atoms with Gasteiger partial charge in [-0.3, -0.25) is 0 Å². The largest absolute Gasteiger partial charge is 0.497 e. The Kier molecular flexibility index (Phi) is 4.78. The van der Waals surface area contributed by atoms with Crippen LogP contribution >= 0.6 is 0 Å². The molecule has 0 atom stereocenters. The summed E-state index contributed by atoms with van der Waals surface area (Å²) in [5.41, 5.74) is 7.25. The van der Waals surface area contributed by atoms with Crippen LogP contribution in [0.4, 0.5) is 0 Å². The van der Waals surface area contributed by atoms with Crippen LogP contribution in [0.1, 0.15) is 36.1 Å². The fourth-order valence-corrected chi connectivity index (χ4v) is 4.92. The highest BCUT2D eigenvalue weighted by Crippen LogP contribution is 2.56. The highest BCUT2D eigenvalue weighted by atomic mass is 16.5. The van der Waals surface area contributed by atoms with Gasteiger partial charge < -0.3 is 9.47 Å². The summed E-state index contributed by atoms with van der Waals surface area (Å²) >= 11 is 0. The lowest BCUT2D eigenvalue weighted by Gasteiger charge is -2.34. The fraction of sp³-hybridized carbons (Fsp3) is 0.172. The quantitative estimate of drug-likeness (QED) is 0.318. The normalized spacial score (nSPS) is 13.5. The number of methoxy groups -OCH3 is 1. The van der Waals surface area contributed by atoms with Gasteiger partial charge in [-0.2, -0.15) is 0 Å². The van der Waals surface area contributed by atoms with E-state index in [9.17, 15) is 0 Å². The van der Waals surface area contributed by atoms with E-state index in [2.05, 4.69) is 111 Å². The van der Waals surface area contributed by atoms with Crippen molar-refractivity contribution in [3.63, 3.8) is 0 Å². The van der Waals surface area contributed by atoms with Crippen molar-refractivity contribution in [3.8, 4) is 22.6 Å². The van der Waals surface area contributed by atoms with Crippen LogP contribution in [-0.4, -0.2) is 13.2 Å². The molecule has 0 radical (unpaired) electrons. The molecule has 1 aliphatic carbocycles. The molecule has 0 heterocycles. The number of hydrogen-bond acceptors (Lipinski definition) is 2. The summed E-state index contributed by atoms with van der Waals surface area (Å²) in [5, 5.41) is 0. The van der Waals surface area contributed by atoms with Crippen LogP contribution in [0.3, 0.4) is 0 Å². The van der Waals surface area contributed by atoms with Crippen molar-refractivity contribution in [2.75, 3.05) is 7.11 Å². The molecule has 0 unspecified atom stereocenters. The van der Waals surface area contributed by atoms with Gasteiger partial charge in [-0.1, -0.05) is 72.8 Å². The monoisotopic (exact) mass is 406 g/mol. The maximum absolute atomic E-state index is 5.92. The molecule has 0 saturated heterocycles. The van der Waals surface area contributed by atoms with Crippen LogP contribution in [0, 0.1) is 0 Å². The topological polar surface area (TPSA) is 18.5 Å². The van der Waals surface area contributed by atoms with E-state index in [0.717, 1.165) is 11.5 Å². The summed E-state index contributed by atoms with van der Waals surface area (Å²) < 4.78 is 11.4. The van der Waals surface area contributed by atoms with E-state index in [1.54, 1.807) is 7.11 Å². The molecule has 2 nitrogen and oxygen atoms in total. The first-order valence-electron chi connectivity index (χ1n) is 10.8. The minimum absolute atomic E-state index is 0.148. The molecule has 0 aromatic heterocycles. The van der Waals surface area contributed by atoms with Gasteiger partial charge in [0, 0.05) is 0 Å². The molecular formula is C29H26O2. The number of rotatable bonds is 5. The van der Waals surface area contributed by atoms with E-state index in [4.69, 9.17) is 9.47 Å². The SMILES string of the molecule is COc1ccc(C2(c3ccc(OC(C)C)cc3)c3ccccc3-c3ccccc32)cc1. The Balaban J connectivity index is 1.81. The van der Waals surface area contributed by atoms with Gasteiger partial charge in [0.15, 0.2) is 0 Å². The molecule has 0 aliphatic heterocycles. The minimum Gasteiger partial charge on any atom is -0.497 e. The Morgan fingerprint density at radius 1 is 0.581 bits per heavy atom. The molecule has 5 rings (SSSR count). The molecule has 0 spiro atoms. The number of hydrogen-bond donors (Lipinski definition) is 0. The third kappa shape index (κ3) is 3.02. The molecule has 0 bridgehead atoms. The number of benzene rings is 4. The lowest BCUT2D eigenvalue weighted by atomic mass is 9.68. The second-order valence-electron chi connectivity index (χ2n) is 8.26. The zero-order valence-corrected chi connectivity index (χ0v) is 18.1. The van der Waals surface area contributed by atoms with Gasteiger partial charge in [-0.15, -0.1) is 0 Å². The average Bonchev–Trinajstić information content (AvgIpc) is 3.11. The van der Waals surface area contributed by atoms with Crippen molar-refractivity contribution in [2.24, 2.45) is 0 Å². The molecule has 31 heavy (non-hydrogen) atoms. The molecule has 0 N–H and O–H groups in total. The van der Waals surface area contributed by atoms with E-state index in [-0.39, 0.29) is 6.10 Å². The number of fused-ring (bicyclic) bond motifs is 3. The highest BCUT2D eigenvalue weighted by Gasteiger charge is 2.45. The summed E-state index contributed by atoms with van der Waals surface area (Å²) in [6, 6.07) is 34.6. The third-order valence-corrected chi connectivity index (χ3v) is 6.13. The van der Waals surface area contributed by atoms with E-state index >= 15 is 0 Å². The lowest BCUT2D eigenvalue weighted by Crippen LogP contribution is -2.28. The zero-order chi connectivity index (χ0) is 21.4. The summed E-state index contributed by atoms with van der Waals surface area (Å²) in [4.78, 5) is 0. The standard InChI is InChI=1S/C29H26O2/c1-20(2)31-24-18-14-22(15-19-24)29(21-12-16-23(30-3)17-13-21)27-10-6-4-8-25(27)26-9-5-7-11-28(26)29/h4-20H,1-3H3. The fourth-order valence-electron chi connectivity index (χ4n) is 4.92. The third-order valence-electron chi connectivity index (χ3n) is 6.13. The molecule has 0 saturated carbocycles. The van der Waals surface area contributed by atoms with Crippen LogP contribution < -0.4 is 9.47 Å². The molecule has 2 heteroatoms. The Hall–Kier alpha value is -3.52. The van der Waals surface area contributed by atoms with Crippen molar-refractivity contribution >= 4 is 0 Å². The summed E-state index contributed by atoms with van der Waals surface area (Å²) in [5.74, 6) is 1.75. The van der Waals surface area contributed by atoms with Crippen molar-refractivity contribution in [1.29, 1.82) is 0 Å². The van der Waals surface area contributed by atoms with Gasteiger partial charge in [0.05, 0.1) is 18.6 Å². The first kappa shape index (κ1) is 19.4.